The molecular formula is C22H29N3O3S. The van der Waals surface area contributed by atoms with E-state index in [1.807, 2.05) is 42.5 Å². The van der Waals surface area contributed by atoms with Crippen molar-refractivity contribution in [1.82, 2.24) is 14.1 Å². The molecule has 0 bridgehead atoms. The highest BCUT2D eigenvalue weighted by Gasteiger charge is 2.30. The average Bonchev–Trinajstić information content (AvgIpc) is 3.19. The second kappa shape index (κ2) is 8.93. The SMILES string of the molecule is COCCN1CCN(Cc2cccc(S(=O)(=O)N3Cc4ccccc4C3)c2)CC1. The summed E-state index contributed by atoms with van der Waals surface area (Å²) < 4.78 is 33.1. The summed E-state index contributed by atoms with van der Waals surface area (Å²) in [6.07, 6.45) is 0. The van der Waals surface area contributed by atoms with Gasteiger partial charge in [-0.3, -0.25) is 9.80 Å². The Morgan fingerprint density at radius 1 is 0.897 bits per heavy atom. The molecule has 0 saturated carbocycles. The van der Waals surface area contributed by atoms with Crippen LogP contribution in [0.3, 0.4) is 0 Å². The lowest BCUT2D eigenvalue weighted by Gasteiger charge is -2.34. The zero-order valence-corrected chi connectivity index (χ0v) is 17.8. The predicted molar refractivity (Wildman–Crippen MR) is 113 cm³/mol. The van der Waals surface area contributed by atoms with Crippen molar-refractivity contribution in [2.45, 2.75) is 24.5 Å². The van der Waals surface area contributed by atoms with E-state index in [-0.39, 0.29) is 0 Å². The molecular weight excluding hydrogens is 386 g/mol. The van der Waals surface area contributed by atoms with Gasteiger partial charge in [0.2, 0.25) is 10.0 Å². The van der Waals surface area contributed by atoms with Crippen LogP contribution >= 0.6 is 0 Å². The molecule has 7 heteroatoms. The summed E-state index contributed by atoms with van der Waals surface area (Å²) in [7, 11) is -1.76. The lowest BCUT2D eigenvalue weighted by molar-refractivity contribution is 0.0938. The number of hydrogen-bond donors (Lipinski definition) is 0. The van der Waals surface area contributed by atoms with Crippen molar-refractivity contribution in [2.75, 3.05) is 46.4 Å². The monoisotopic (exact) mass is 415 g/mol. The number of methoxy groups -OCH3 is 1. The first-order chi connectivity index (χ1) is 14.1. The van der Waals surface area contributed by atoms with Crippen LogP contribution in [0.2, 0.25) is 0 Å². The smallest absolute Gasteiger partial charge is 0.243 e. The molecule has 156 valence electrons. The molecule has 2 aliphatic heterocycles. The third-order valence-electron chi connectivity index (χ3n) is 5.83. The van der Waals surface area contributed by atoms with Gasteiger partial charge >= 0.3 is 0 Å². The summed E-state index contributed by atoms with van der Waals surface area (Å²) in [6, 6.07) is 15.4. The number of nitrogens with zero attached hydrogens (tertiary/aromatic N) is 3. The fourth-order valence-corrected chi connectivity index (χ4v) is 5.54. The molecule has 29 heavy (non-hydrogen) atoms. The maximum absolute atomic E-state index is 13.2. The van der Waals surface area contributed by atoms with Crippen molar-refractivity contribution in [3.63, 3.8) is 0 Å². The van der Waals surface area contributed by atoms with Crippen molar-refractivity contribution < 1.29 is 13.2 Å². The van der Waals surface area contributed by atoms with Crippen LogP contribution in [0, 0.1) is 0 Å². The Bertz CT molecular complexity index is 915. The molecule has 0 spiro atoms. The average molecular weight is 416 g/mol. The number of benzene rings is 2. The Labute approximate surface area is 173 Å². The molecule has 1 saturated heterocycles. The summed E-state index contributed by atoms with van der Waals surface area (Å²) in [5.41, 5.74) is 3.24. The lowest BCUT2D eigenvalue weighted by Crippen LogP contribution is -2.46. The molecule has 6 nitrogen and oxygen atoms in total. The van der Waals surface area contributed by atoms with Crippen molar-refractivity contribution in [2.24, 2.45) is 0 Å². The fraction of sp³-hybridized carbons (Fsp3) is 0.455. The quantitative estimate of drug-likeness (QED) is 0.694. The van der Waals surface area contributed by atoms with Gasteiger partial charge in [0.1, 0.15) is 0 Å². The molecule has 0 atom stereocenters. The van der Waals surface area contributed by atoms with Gasteiger partial charge in [0.15, 0.2) is 0 Å². The number of fused-ring (bicyclic) bond motifs is 1. The van der Waals surface area contributed by atoms with Crippen LogP contribution < -0.4 is 0 Å². The standard InChI is InChI=1S/C22H29N3O3S/c1-28-14-13-23-9-11-24(12-10-23)16-19-5-4-8-22(15-19)29(26,27)25-17-20-6-2-3-7-21(20)18-25/h2-8,15H,9-14,16-18H2,1H3. The van der Waals surface area contributed by atoms with Gasteiger partial charge in [0.25, 0.3) is 0 Å². The summed E-state index contributed by atoms with van der Waals surface area (Å²) >= 11 is 0. The van der Waals surface area contributed by atoms with Crippen LogP contribution in [0.1, 0.15) is 16.7 Å². The first-order valence-electron chi connectivity index (χ1n) is 10.2. The Kier molecular flexibility index (Phi) is 6.32. The fourth-order valence-electron chi connectivity index (χ4n) is 4.07. The van der Waals surface area contributed by atoms with E-state index in [1.165, 1.54) is 0 Å². The van der Waals surface area contributed by atoms with Crippen LogP contribution in [0.4, 0.5) is 0 Å². The number of rotatable bonds is 7. The lowest BCUT2D eigenvalue weighted by atomic mass is 10.1. The van der Waals surface area contributed by atoms with Crippen molar-refractivity contribution in [1.29, 1.82) is 0 Å². The van der Waals surface area contributed by atoms with Gasteiger partial charge in [-0.25, -0.2) is 8.42 Å². The van der Waals surface area contributed by atoms with Crippen LogP contribution in [0.15, 0.2) is 53.4 Å². The van der Waals surface area contributed by atoms with Crippen molar-refractivity contribution in [3.05, 3.63) is 65.2 Å². The number of piperazine rings is 1. The van der Waals surface area contributed by atoms with Gasteiger partial charge in [-0.05, 0) is 28.8 Å². The van der Waals surface area contributed by atoms with E-state index in [4.69, 9.17) is 4.74 Å². The van der Waals surface area contributed by atoms with E-state index in [9.17, 15) is 8.42 Å². The molecule has 0 radical (unpaired) electrons. The first-order valence-corrected chi connectivity index (χ1v) is 11.6. The summed E-state index contributed by atoms with van der Waals surface area (Å²) in [4.78, 5) is 5.19. The number of ether oxygens (including phenoxy) is 1. The zero-order chi connectivity index (χ0) is 20.3. The van der Waals surface area contributed by atoms with Crippen LogP contribution in [-0.4, -0.2) is 69.0 Å². The van der Waals surface area contributed by atoms with Crippen LogP contribution in [0.25, 0.3) is 0 Å². The van der Waals surface area contributed by atoms with E-state index in [0.29, 0.717) is 18.0 Å². The minimum Gasteiger partial charge on any atom is -0.383 e. The molecule has 0 amide bonds. The summed E-state index contributed by atoms with van der Waals surface area (Å²) in [5, 5.41) is 0. The van der Waals surface area contributed by atoms with Gasteiger partial charge in [-0.2, -0.15) is 4.31 Å². The van der Waals surface area contributed by atoms with Crippen LogP contribution in [0.5, 0.6) is 0 Å². The van der Waals surface area contributed by atoms with Gasteiger partial charge in [-0.1, -0.05) is 36.4 Å². The maximum Gasteiger partial charge on any atom is 0.243 e. The highest BCUT2D eigenvalue weighted by atomic mass is 32.2. The predicted octanol–water partition coefficient (Wildman–Crippen LogP) is 2.16. The molecule has 2 aromatic rings. The minimum absolute atomic E-state index is 0.390. The highest BCUT2D eigenvalue weighted by Crippen LogP contribution is 2.28. The molecule has 2 aromatic carbocycles. The van der Waals surface area contributed by atoms with Crippen molar-refractivity contribution >= 4 is 10.0 Å². The molecule has 2 heterocycles. The molecule has 0 unspecified atom stereocenters. The Hall–Kier alpha value is -1.77. The van der Waals surface area contributed by atoms with E-state index >= 15 is 0 Å². The van der Waals surface area contributed by atoms with E-state index in [2.05, 4.69) is 9.80 Å². The second-order valence-electron chi connectivity index (χ2n) is 7.80. The maximum atomic E-state index is 13.2. The van der Waals surface area contributed by atoms with Crippen molar-refractivity contribution in [3.8, 4) is 0 Å². The summed E-state index contributed by atoms with van der Waals surface area (Å²) in [6.45, 7) is 7.43. The van der Waals surface area contributed by atoms with Crippen LogP contribution in [-0.2, 0) is 34.4 Å². The zero-order valence-electron chi connectivity index (χ0n) is 17.0. The third kappa shape index (κ3) is 4.70. The Balaban J connectivity index is 1.40. The normalized spacial score (nSPS) is 18.8. The molecule has 0 N–H and O–H groups in total. The Morgan fingerprint density at radius 2 is 1.55 bits per heavy atom. The molecule has 0 aliphatic carbocycles. The highest BCUT2D eigenvalue weighted by molar-refractivity contribution is 7.89. The second-order valence-corrected chi connectivity index (χ2v) is 9.74. The van der Waals surface area contributed by atoms with Gasteiger partial charge in [0, 0.05) is 59.5 Å². The largest absolute Gasteiger partial charge is 0.383 e. The van der Waals surface area contributed by atoms with Gasteiger partial charge in [0.05, 0.1) is 11.5 Å². The van der Waals surface area contributed by atoms with E-state index < -0.39 is 10.0 Å². The van der Waals surface area contributed by atoms with E-state index in [1.54, 1.807) is 17.5 Å². The third-order valence-corrected chi connectivity index (χ3v) is 7.62. The van der Waals surface area contributed by atoms with Gasteiger partial charge in [-0.15, -0.1) is 0 Å². The van der Waals surface area contributed by atoms with E-state index in [0.717, 1.165) is 62.6 Å². The van der Waals surface area contributed by atoms with Gasteiger partial charge < -0.3 is 4.74 Å². The number of hydrogen-bond acceptors (Lipinski definition) is 5. The first kappa shape index (κ1) is 20.5. The molecule has 0 aromatic heterocycles. The topological polar surface area (TPSA) is 53.1 Å². The molecule has 4 rings (SSSR count). The molecule has 2 aliphatic rings. The molecule has 1 fully saturated rings. The minimum atomic E-state index is -3.50. The number of sulfonamides is 1. The Morgan fingerprint density at radius 3 is 2.21 bits per heavy atom. The summed E-state index contributed by atoms with van der Waals surface area (Å²) in [5.74, 6) is 0.